The number of hydrogen-bond acceptors (Lipinski definition) is 3. The molecule has 0 radical (unpaired) electrons. The molecule has 0 amide bonds. The van der Waals surface area contributed by atoms with Crippen molar-refractivity contribution in [3.05, 3.63) is 57.6 Å². The molecule has 3 rings (SSSR count). The molecule has 21 heavy (non-hydrogen) atoms. The molecular formula is C17H18BrNO2. The molecule has 2 N–H and O–H groups in total. The summed E-state index contributed by atoms with van der Waals surface area (Å²) in [6, 6.07) is 12.1. The van der Waals surface area contributed by atoms with Crippen molar-refractivity contribution in [2.24, 2.45) is 5.73 Å². The summed E-state index contributed by atoms with van der Waals surface area (Å²) in [6.07, 6.45) is 0.645. The fraction of sp³-hybridized carbons (Fsp3) is 0.294. The highest BCUT2D eigenvalue weighted by atomic mass is 79.9. The first-order valence-corrected chi connectivity index (χ1v) is 7.74. The van der Waals surface area contributed by atoms with Gasteiger partial charge in [-0.15, -0.1) is 0 Å². The van der Waals surface area contributed by atoms with Gasteiger partial charge in [-0.25, -0.2) is 0 Å². The van der Waals surface area contributed by atoms with Crippen LogP contribution < -0.4 is 15.2 Å². The molecule has 1 aliphatic heterocycles. The number of aryl methyl sites for hydroxylation is 1. The van der Waals surface area contributed by atoms with Crippen LogP contribution in [0.25, 0.3) is 0 Å². The highest BCUT2D eigenvalue weighted by Crippen LogP contribution is 2.42. The van der Waals surface area contributed by atoms with Gasteiger partial charge in [0.05, 0.1) is 7.11 Å². The van der Waals surface area contributed by atoms with Gasteiger partial charge < -0.3 is 15.2 Å². The summed E-state index contributed by atoms with van der Waals surface area (Å²) >= 11 is 3.51. The number of ether oxygens (including phenoxy) is 2. The molecule has 1 unspecified atom stereocenters. The molecule has 0 aliphatic carbocycles. The zero-order chi connectivity index (χ0) is 15.0. The average Bonchev–Trinajstić information content (AvgIpc) is 2.47. The lowest BCUT2D eigenvalue weighted by molar-refractivity contribution is 0.158. The quantitative estimate of drug-likeness (QED) is 0.881. The third-order valence-corrected chi connectivity index (χ3v) is 4.33. The predicted octanol–water partition coefficient (Wildman–Crippen LogP) is 4.29. The van der Waals surface area contributed by atoms with Gasteiger partial charge in [-0.2, -0.15) is 0 Å². The Bertz CT molecular complexity index is 672. The van der Waals surface area contributed by atoms with E-state index in [-0.39, 0.29) is 12.1 Å². The third kappa shape index (κ3) is 2.78. The fourth-order valence-corrected chi connectivity index (χ4v) is 3.15. The van der Waals surface area contributed by atoms with Crippen LogP contribution in [0.3, 0.4) is 0 Å². The smallest absolute Gasteiger partial charge is 0.129 e. The maximum absolute atomic E-state index is 6.34. The van der Waals surface area contributed by atoms with E-state index in [1.54, 1.807) is 7.11 Å². The van der Waals surface area contributed by atoms with Crippen molar-refractivity contribution in [2.75, 3.05) is 7.11 Å². The van der Waals surface area contributed by atoms with Gasteiger partial charge in [-0.3, -0.25) is 0 Å². The topological polar surface area (TPSA) is 44.5 Å². The van der Waals surface area contributed by atoms with E-state index in [1.165, 1.54) is 5.56 Å². The van der Waals surface area contributed by atoms with Gasteiger partial charge in [0.15, 0.2) is 0 Å². The average molecular weight is 348 g/mol. The van der Waals surface area contributed by atoms with Crippen molar-refractivity contribution in [3.63, 3.8) is 0 Å². The Balaban J connectivity index is 1.99. The summed E-state index contributed by atoms with van der Waals surface area (Å²) in [7, 11) is 1.67. The molecule has 2 aromatic rings. The molecular weight excluding hydrogens is 330 g/mol. The van der Waals surface area contributed by atoms with Gasteiger partial charge >= 0.3 is 0 Å². The van der Waals surface area contributed by atoms with E-state index in [9.17, 15) is 0 Å². The van der Waals surface area contributed by atoms with Crippen LogP contribution in [0.2, 0.25) is 0 Å². The Morgan fingerprint density at radius 1 is 1.19 bits per heavy atom. The normalized spacial score (nSPS) is 20.6. The van der Waals surface area contributed by atoms with Crippen LogP contribution in [0, 0.1) is 6.92 Å². The van der Waals surface area contributed by atoms with Crippen LogP contribution in [0.15, 0.2) is 40.9 Å². The molecule has 2 aromatic carbocycles. The summed E-state index contributed by atoms with van der Waals surface area (Å²) < 4.78 is 12.6. The fourth-order valence-electron chi connectivity index (χ4n) is 2.77. The molecule has 0 saturated heterocycles. The molecule has 3 nitrogen and oxygen atoms in total. The second-order valence-electron chi connectivity index (χ2n) is 5.38. The van der Waals surface area contributed by atoms with Crippen LogP contribution >= 0.6 is 15.9 Å². The number of hydrogen-bond donors (Lipinski definition) is 1. The molecule has 110 valence electrons. The Kier molecular flexibility index (Phi) is 3.91. The summed E-state index contributed by atoms with van der Waals surface area (Å²) in [5.74, 6) is 1.69. The molecule has 0 fully saturated rings. The first-order chi connectivity index (χ1) is 10.1. The van der Waals surface area contributed by atoms with Crippen LogP contribution in [0.4, 0.5) is 0 Å². The predicted molar refractivity (Wildman–Crippen MR) is 86.8 cm³/mol. The number of benzene rings is 2. The Morgan fingerprint density at radius 2 is 2.00 bits per heavy atom. The van der Waals surface area contributed by atoms with E-state index in [2.05, 4.69) is 28.9 Å². The van der Waals surface area contributed by atoms with Crippen LogP contribution in [0.1, 0.15) is 35.3 Å². The highest BCUT2D eigenvalue weighted by molar-refractivity contribution is 9.10. The van der Waals surface area contributed by atoms with Crippen LogP contribution in [-0.4, -0.2) is 7.11 Å². The number of rotatable bonds is 2. The summed E-state index contributed by atoms with van der Waals surface area (Å²) in [5, 5.41) is 0. The second kappa shape index (κ2) is 5.70. The van der Waals surface area contributed by atoms with E-state index in [4.69, 9.17) is 15.2 Å². The van der Waals surface area contributed by atoms with Gasteiger partial charge in [-0.05, 0) is 31.2 Å². The van der Waals surface area contributed by atoms with E-state index >= 15 is 0 Å². The summed E-state index contributed by atoms with van der Waals surface area (Å²) in [4.78, 5) is 0. The van der Waals surface area contributed by atoms with Crippen molar-refractivity contribution >= 4 is 15.9 Å². The Hall–Kier alpha value is -1.52. The molecule has 0 bridgehead atoms. The molecule has 1 aliphatic rings. The minimum absolute atomic E-state index is 0.0256. The Morgan fingerprint density at radius 3 is 2.76 bits per heavy atom. The van der Waals surface area contributed by atoms with Gasteiger partial charge in [0, 0.05) is 28.1 Å². The van der Waals surface area contributed by atoms with Crippen molar-refractivity contribution in [1.29, 1.82) is 0 Å². The van der Waals surface area contributed by atoms with E-state index in [1.807, 2.05) is 30.3 Å². The molecule has 2 atom stereocenters. The minimum Gasteiger partial charge on any atom is -0.496 e. The molecule has 0 aromatic heterocycles. The molecule has 0 saturated carbocycles. The van der Waals surface area contributed by atoms with Gasteiger partial charge in [-0.1, -0.05) is 33.6 Å². The first kappa shape index (κ1) is 14.4. The lowest BCUT2D eigenvalue weighted by atomic mass is 9.92. The van der Waals surface area contributed by atoms with Crippen molar-refractivity contribution < 1.29 is 9.47 Å². The highest BCUT2D eigenvalue weighted by Gasteiger charge is 2.29. The molecule has 4 heteroatoms. The van der Waals surface area contributed by atoms with Crippen LogP contribution in [0.5, 0.6) is 11.5 Å². The van der Waals surface area contributed by atoms with Crippen molar-refractivity contribution in [2.45, 2.75) is 25.5 Å². The van der Waals surface area contributed by atoms with E-state index in [0.29, 0.717) is 0 Å². The van der Waals surface area contributed by atoms with Crippen molar-refractivity contribution in [3.8, 4) is 11.5 Å². The van der Waals surface area contributed by atoms with E-state index in [0.717, 1.165) is 33.5 Å². The minimum atomic E-state index is -0.0948. The Labute approximate surface area is 133 Å². The SMILES string of the molecule is COc1ccc(Br)cc1C1C[C@@H](N)c2cc(C)ccc2O1. The lowest BCUT2D eigenvalue weighted by Gasteiger charge is -2.31. The first-order valence-electron chi connectivity index (χ1n) is 6.94. The lowest BCUT2D eigenvalue weighted by Crippen LogP contribution is -2.24. The monoisotopic (exact) mass is 347 g/mol. The largest absolute Gasteiger partial charge is 0.496 e. The second-order valence-corrected chi connectivity index (χ2v) is 6.29. The molecule has 0 spiro atoms. The number of methoxy groups -OCH3 is 1. The zero-order valence-corrected chi connectivity index (χ0v) is 13.7. The zero-order valence-electron chi connectivity index (χ0n) is 12.1. The number of halogens is 1. The van der Waals surface area contributed by atoms with Crippen molar-refractivity contribution in [1.82, 2.24) is 0 Å². The summed E-state index contributed by atoms with van der Waals surface area (Å²) in [5.41, 5.74) is 9.65. The van der Waals surface area contributed by atoms with Gasteiger partial charge in [0.2, 0.25) is 0 Å². The standard InChI is InChI=1S/C17H18BrNO2/c1-10-3-5-16-12(7-10)14(19)9-17(21-16)13-8-11(18)4-6-15(13)20-2/h3-8,14,17H,9,19H2,1-2H3/t14-,17?/m1/s1. The third-order valence-electron chi connectivity index (χ3n) is 3.84. The maximum atomic E-state index is 6.34. The number of nitrogens with two attached hydrogens (primary N) is 1. The van der Waals surface area contributed by atoms with E-state index < -0.39 is 0 Å². The van der Waals surface area contributed by atoms with Gasteiger partial charge in [0.1, 0.15) is 17.6 Å². The summed E-state index contributed by atoms with van der Waals surface area (Å²) in [6.45, 7) is 2.07. The number of fused-ring (bicyclic) bond motifs is 1. The maximum Gasteiger partial charge on any atom is 0.129 e. The van der Waals surface area contributed by atoms with Crippen LogP contribution in [-0.2, 0) is 0 Å². The van der Waals surface area contributed by atoms with Gasteiger partial charge in [0.25, 0.3) is 0 Å². The molecule has 1 heterocycles.